The van der Waals surface area contributed by atoms with Gasteiger partial charge in [-0.3, -0.25) is 14.2 Å². The number of aryl methyl sites for hydroxylation is 1. The second kappa shape index (κ2) is 8.71. The van der Waals surface area contributed by atoms with Crippen LogP contribution in [0.15, 0.2) is 65.7 Å². The van der Waals surface area contributed by atoms with E-state index in [0.29, 0.717) is 23.8 Å². The van der Waals surface area contributed by atoms with E-state index in [1.54, 1.807) is 4.90 Å². The van der Waals surface area contributed by atoms with E-state index in [1.807, 2.05) is 55.5 Å². The van der Waals surface area contributed by atoms with E-state index in [0.717, 1.165) is 29.9 Å². The Morgan fingerprint density at radius 2 is 1.67 bits per heavy atom. The Morgan fingerprint density at radius 1 is 1.00 bits per heavy atom. The van der Waals surface area contributed by atoms with Gasteiger partial charge in [-0.2, -0.15) is 0 Å². The number of hydrogen-bond acceptors (Lipinski definition) is 4. The van der Waals surface area contributed by atoms with Crippen LogP contribution in [-0.4, -0.2) is 46.5 Å². The summed E-state index contributed by atoms with van der Waals surface area (Å²) in [7, 11) is 0. The van der Waals surface area contributed by atoms with Crippen LogP contribution in [0.3, 0.4) is 0 Å². The third-order valence-electron chi connectivity index (χ3n) is 5.36. The van der Waals surface area contributed by atoms with Crippen molar-refractivity contribution in [3.05, 3.63) is 81.9 Å². The van der Waals surface area contributed by atoms with Crippen LogP contribution < -0.4 is 10.5 Å². The SMILES string of the molecule is Cc1ccc(-c2cc(=O)n(CC(=O)N3CCN(c4ccc(Cl)cc4)CC3)cn2)cc1. The molecule has 1 fully saturated rings. The highest BCUT2D eigenvalue weighted by molar-refractivity contribution is 6.30. The van der Waals surface area contributed by atoms with Crippen molar-refractivity contribution in [1.82, 2.24) is 14.5 Å². The Bertz CT molecular complexity index is 1090. The summed E-state index contributed by atoms with van der Waals surface area (Å²) in [5.74, 6) is -0.0715. The number of amides is 1. The molecule has 30 heavy (non-hydrogen) atoms. The van der Waals surface area contributed by atoms with Crippen molar-refractivity contribution in [3.8, 4) is 11.3 Å². The lowest BCUT2D eigenvalue weighted by atomic mass is 10.1. The van der Waals surface area contributed by atoms with Crippen molar-refractivity contribution in [2.45, 2.75) is 13.5 Å². The largest absolute Gasteiger partial charge is 0.368 e. The van der Waals surface area contributed by atoms with Gasteiger partial charge in [0.15, 0.2) is 0 Å². The predicted octanol–water partition coefficient (Wildman–Crippen LogP) is 3.22. The number of benzene rings is 2. The first kappa shape index (κ1) is 20.2. The molecule has 0 unspecified atom stereocenters. The zero-order valence-corrected chi connectivity index (χ0v) is 17.5. The topological polar surface area (TPSA) is 58.4 Å². The molecular formula is C23H23ClN4O2. The average Bonchev–Trinajstić information content (AvgIpc) is 2.76. The summed E-state index contributed by atoms with van der Waals surface area (Å²) in [6.07, 6.45) is 1.46. The lowest BCUT2D eigenvalue weighted by Crippen LogP contribution is -2.50. The molecule has 0 atom stereocenters. The number of aromatic nitrogens is 2. The molecular weight excluding hydrogens is 400 g/mol. The minimum atomic E-state index is -0.228. The highest BCUT2D eigenvalue weighted by Gasteiger charge is 2.21. The monoisotopic (exact) mass is 422 g/mol. The zero-order valence-electron chi connectivity index (χ0n) is 16.8. The Kier molecular flexibility index (Phi) is 5.86. The molecule has 0 saturated carbocycles. The molecule has 0 spiro atoms. The Morgan fingerprint density at radius 3 is 2.30 bits per heavy atom. The quantitative estimate of drug-likeness (QED) is 0.647. The highest BCUT2D eigenvalue weighted by atomic mass is 35.5. The summed E-state index contributed by atoms with van der Waals surface area (Å²) in [4.78, 5) is 33.6. The van der Waals surface area contributed by atoms with Crippen molar-refractivity contribution >= 4 is 23.2 Å². The molecule has 1 saturated heterocycles. The van der Waals surface area contributed by atoms with Gasteiger partial charge in [-0.25, -0.2) is 4.98 Å². The van der Waals surface area contributed by atoms with Crippen LogP contribution >= 0.6 is 11.6 Å². The molecule has 1 aliphatic heterocycles. The van der Waals surface area contributed by atoms with Gasteiger partial charge < -0.3 is 9.80 Å². The Balaban J connectivity index is 1.38. The summed E-state index contributed by atoms with van der Waals surface area (Å²) in [5.41, 5.74) is 3.51. The normalized spacial score (nSPS) is 14.1. The molecule has 6 nitrogen and oxygen atoms in total. The fraction of sp³-hybridized carbons (Fsp3) is 0.261. The smallest absolute Gasteiger partial charge is 0.254 e. The summed E-state index contributed by atoms with van der Waals surface area (Å²) >= 11 is 5.95. The van der Waals surface area contributed by atoms with Gasteiger partial charge in [-0.15, -0.1) is 0 Å². The third-order valence-corrected chi connectivity index (χ3v) is 5.61. The number of rotatable bonds is 4. The van der Waals surface area contributed by atoms with Crippen LogP contribution in [0.4, 0.5) is 5.69 Å². The van der Waals surface area contributed by atoms with Gasteiger partial charge in [0.1, 0.15) is 6.54 Å². The van der Waals surface area contributed by atoms with Crippen molar-refractivity contribution in [2.24, 2.45) is 0 Å². The maximum absolute atomic E-state index is 12.7. The molecule has 2 heterocycles. The number of nitrogens with zero attached hydrogens (tertiary/aromatic N) is 4. The van der Waals surface area contributed by atoms with Gasteiger partial charge in [0, 0.05) is 48.5 Å². The first-order chi connectivity index (χ1) is 14.5. The molecule has 0 N–H and O–H groups in total. The highest BCUT2D eigenvalue weighted by Crippen LogP contribution is 2.19. The zero-order chi connectivity index (χ0) is 21.1. The van der Waals surface area contributed by atoms with Crippen LogP contribution in [0.5, 0.6) is 0 Å². The first-order valence-electron chi connectivity index (χ1n) is 9.91. The molecule has 0 radical (unpaired) electrons. The lowest BCUT2D eigenvalue weighted by Gasteiger charge is -2.36. The van der Waals surface area contributed by atoms with Crippen molar-refractivity contribution in [2.75, 3.05) is 31.1 Å². The van der Waals surface area contributed by atoms with E-state index in [9.17, 15) is 9.59 Å². The van der Waals surface area contributed by atoms with Crippen LogP contribution in [0.25, 0.3) is 11.3 Å². The summed E-state index contributed by atoms with van der Waals surface area (Å²) in [6, 6.07) is 17.0. The standard InChI is InChI=1S/C23H23ClN4O2/c1-17-2-4-18(5-3-17)21-14-22(29)28(16-25-21)15-23(30)27-12-10-26(11-13-27)20-8-6-19(24)7-9-20/h2-9,14,16H,10-13,15H2,1H3. The molecule has 0 aliphatic carbocycles. The minimum absolute atomic E-state index is 0.000948. The first-order valence-corrected chi connectivity index (χ1v) is 10.3. The van der Waals surface area contributed by atoms with E-state index in [2.05, 4.69) is 9.88 Å². The van der Waals surface area contributed by atoms with Gasteiger partial charge in [0.2, 0.25) is 5.91 Å². The lowest BCUT2D eigenvalue weighted by molar-refractivity contribution is -0.132. The second-order valence-electron chi connectivity index (χ2n) is 7.45. The fourth-order valence-corrected chi connectivity index (χ4v) is 3.66. The molecule has 1 aromatic heterocycles. The van der Waals surface area contributed by atoms with Crippen LogP contribution in [-0.2, 0) is 11.3 Å². The second-order valence-corrected chi connectivity index (χ2v) is 7.89. The van der Waals surface area contributed by atoms with Crippen molar-refractivity contribution < 1.29 is 4.79 Å². The molecule has 0 bridgehead atoms. The fourth-order valence-electron chi connectivity index (χ4n) is 3.54. The molecule has 2 aromatic carbocycles. The number of carbonyl (C=O) groups excluding carboxylic acids is 1. The van der Waals surface area contributed by atoms with Crippen molar-refractivity contribution in [1.29, 1.82) is 0 Å². The molecule has 7 heteroatoms. The van der Waals surface area contributed by atoms with E-state index >= 15 is 0 Å². The molecule has 1 aliphatic rings. The van der Waals surface area contributed by atoms with Gasteiger partial charge in [0.25, 0.3) is 5.56 Å². The van der Waals surface area contributed by atoms with E-state index in [4.69, 9.17) is 11.6 Å². The molecule has 3 aromatic rings. The predicted molar refractivity (Wildman–Crippen MR) is 119 cm³/mol. The molecule has 1 amide bonds. The number of carbonyl (C=O) groups is 1. The summed E-state index contributed by atoms with van der Waals surface area (Å²) in [6.45, 7) is 4.73. The van der Waals surface area contributed by atoms with E-state index in [1.165, 1.54) is 17.0 Å². The van der Waals surface area contributed by atoms with Crippen molar-refractivity contribution in [3.63, 3.8) is 0 Å². The Hall–Kier alpha value is -3.12. The summed E-state index contributed by atoms with van der Waals surface area (Å²) in [5, 5.41) is 0.708. The van der Waals surface area contributed by atoms with Crippen LogP contribution in [0.2, 0.25) is 5.02 Å². The van der Waals surface area contributed by atoms with E-state index < -0.39 is 0 Å². The Labute approximate surface area is 180 Å². The van der Waals surface area contributed by atoms with Crippen LogP contribution in [0.1, 0.15) is 5.56 Å². The van der Waals surface area contributed by atoms with Gasteiger partial charge in [0.05, 0.1) is 12.0 Å². The van der Waals surface area contributed by atoms with E-state index in [-0.39, 0.29) is 18.0 Å². The maximum atomic E-state index is 12.7. The molecule has 4 rings (SSSR count). The molecule has 154 valence electrons. The van der Waals surface area contributed by atoms with Gasteiger partial charge >= 0.3 is 0 Å². The maximum Gasteiger partial charge on any atom is 0.254 e. The number of piperazine rings is 1. The summed E-state index contributed by atoms with van der Waals surface area (Å²) < 4.78 is 1.37. The number of halogens is 1. The average molecular weight is 423 g/mol. The van der Waals surface area contributed by atoms with Crippen LogP contribution in [0, 0.1) is 6.92 Å². The minimum Gasteiger partial charge on any atom is -0.368 e. The number of hydrogen-bond donors (Lipinski definition) is 0. The number of anilines is 1. The van der Waals surface area contributed by atoms with Gasteiger partial charge in [-0.1, -0.05) is 41.4 Å². The van der Waals surface area contributed by atoms with Gasteiger partial charge in [-0.05, 0) is 31.2 Å². The third kappa shape index (κ3) is 4.54.